The van der Waals surface area contributed by atoms with Crippen LogP contribution in [0.25, 0.3) is 0 Å². The van der Waals surface area contributed by atoms with E-state index in [4.69, 9.17) is 4.74 Å². The number of hydrogen-bond acceptors (Lipinski definition) is 4. The molecule has 4 nitrogen and oxygen atoms in total. The average Bonchev–Trinajstić information content (AvgIpc) is 2.72. The van der Waals surface area contributed by atoms with E-state index in [-0.39, 0.29) is 17.8 Å². The topological polar surface area (TPSA) is 55.4 Å². The minimum Gasteiger partial charge on any atom is -0.468 e. The van der Waals surface area contributed by atoms with Crippen molar-refractivity contribution in [2.75, 3.05) is 12.4 Å². The highest BCUT2D eigenvalue weighted by Gasteiger charge is 2.55. The Labute approximate surface area is 105 Å². The molecule has 0 amide bonds. The van der Waals surface area contributed by atoms with Crippen LogP contribution in [0, 0.1) is 0 Å². The summed E-state index contributed by atoms with van der Waals surface area (Å²) < 4.78 is 5.00. The van der Waals surface area contributed by atoms with Gasteiger partial charge in [-0.2, -0.15) is 0 Å². The van der Waals surface area contributed by atoms with Gasteiger partial charge < -0.3 is 10.1 Å². The van der Waals surface area contributed by atoms with E-state index in [1.54, 1.807) is 0 Å². The number of anilines is 1. The van der Waals surface area contributed by atoms with Crippen molar-refractivity contribution in [3.63, 3.8) is 0 Å². The highest BCUT2D eigenvalue weighted by atomic mass is 16.5. The van der Waals surface area contributed by atoms with Gasteiger partial charge in [0.05, 0.1) is 13.2 Å². The number of nitrogens with one attached hydrogen (secondary N) is 1. The molecule has 3 rings (SSSR count). The molecule has 1 fully saturated rings. The largest absolute Gasteiger partial charge is 0.468 e. The second-order valence-corrected chi connectivity index (χ2v) is 4.95. The van der Waals surface area contributed by atoms with Crippen LogP contribution in [0.3, 0.4) is 0 Å². The van der Waals surface area contributed by atoms with Gasteiger partial charge in [-0.1, -0.05) is 18.2 Å². The molecule has 1 N–H and O–H groups in total. The monoisotopic (exact) mass is 245 g/mol. The minimum absolute atomic E-state index is 0.163. The normalized spacial score (nSPS) is 29.2. The number of ether oxygens (including phenoxy) is 1. The number of Topliss-reactive ketones (excluding diaryl/α,β-unsaturated/α-hetero) is 1. The summed E-state index contributed by atoms with van der Waals surface area (Å²) in [6.45, 7) is 0. The van der Waals surface area contributed by atoms with Crippen molar-refractivity contribution in [1.29, 1.82) is 0 Å². The predicted molar refractivity (Wildman–Crippen MR) is 66.4 cm³/mol. The van der Waals surface area contributed by atoms with Gasteiger partial charge in [0.1, 0.15) is 11.2 Å². The van der Waals surface area contributed by atoms with Crippen LogP contribution in [-0.2, 0) is 19.7 Å². The van der Waals surface area contributed by atoms with E-state index in [1.807, 2.05) is 24.3 Å². The van der Waals surface area contributed by atoms with Crippen LogP contribution >= 0.6 is 0 Å². The lowest BCUT2D eigenvalue weighted by Gasteiger charge is -2.36. The molecule has 0 unspecified atom stereocenters. The van der Waals surface area contributed by atoms with Crippen LogP contribution < -0.4 is 5.32 Å². The number of esters is 1. The fraction of sp³-hybridized carbons (Fsp3) is 0.429. The smallest absolute Gasteiger partial charge is 0.318 e. The lowest BCUT2D eigenvalue weighted by Crippen LogP contribution is -2.50. The standard InChI is InChI=1S/C14H15NO3/c1-18-13(17)14-7-6-9(16)8-12(14)15-11-5-3-2-4-10(11)14/h2-5,12,15H,6-8H2,1H3/t12-,14+/m0/s1. The van der Waals surface area contributed by atoms with E-state index < -0.39 is 5.41 Å². The number of rotatable bonds is 1. The Balaban J connectivity index is 2.14. The number of ketones is 1. The number of carbonyl (C=O) groups is 2. The van der Waals surface area contributed by atoms with E-state index in [9.17, 15) is 9.59 Å². The van der Waals surface area contributed by atoms with Gasteiger partial charge in [-0.05, 0) is 18.1 Å². The number of benzene rings is 1. The predicted octanol–water partition coefficient (Wildman–Crippen LogP) is 1.64. The first-order valence-electron chi connectivity index (χ1n) is 6.14. The number of methoxy groups -OCH3 is 1. The number of hydrogen-bond donors (Lipinski definition) is 1. The third kappa shape index (κ3) is 1.32. The average molecular weight is 245 g/mol. The second kappa shape index (κ2) is 3.83. The molecular weight excluding hydrogens is 230 g/mol. The summed E-state index contributed by atoms with van der Waals surface area (Å²) in [5.74, 6) is -0.0303. The zero-order valence-electron chi connectivity index (χ0n) is 10.2. The molecule has 1 aliphatic carbocycles. The summed E-state index contributed by atoms with van der Waals surface area (Å²) in [7, 11) is 1.41. The quantitative estimate of drug-likeness (QED) is 0.764. The molecule has 0 bridgehead atoms. The van der Waals surface area contributed by atoms with Crippen molar-refractivity contribution in [3.8, 4) is 0 Å². The van der Waals surface area contributed by atoms with E-state index in [0.717, 1.165) is 11.3 Å². The molecule has 1 aliphatic heterocycles. The maximum atomic E-state index is 12.3. The first-order chi connectivity index (χ1) is 8.68. The van der Waals surface area contributed by atoms with E-state index >= 15 is 0 Å². The molecule has 0 saturated heterocycles. The maximum absolute atomic E-state index is 12.3. The van der Waals surface area contributed by atoms with E-state index in [0.29, 0.717) is 19.3 Å². The van der Waals surface area contributed by atoms with Gasteiger partial charge >= 0.3 is 5.97 Å². The van der Waals surface area contributed by atoms with Crippen molar-refractivity contribution >= 4 is 17.4 Å². The Morgan fingerprint density at radius 2 is 2.22 bits per heavy atom. The van der Waals surface area contributed by atoms with Crippen LogP contribution in [-0.4, -0.2) is 24.9 Å². The van der Waals surface area contributed by atoms with Crippen LogP contribution in [0.1, 0.15) is 24.8 Å². The van der Waals surface area contributed by atoms with Crippen molar-refractivity contribution in [2.24, 2.45) is 0 Å². The fourth-order valence-electron chi connectivity index (χ4n) is 3.23. The summed E-state index contributed by atoms with van der Waals surface area (Å²) >= 11 is 0. The molecule has 4 heteroatoms. The molecule has 2 aliphatic rings. The molecule has 1 aromatic rings. The number of fused-ring (bicyclic) bond motifs is 3. The summed E-state index contributed by atoms with van der Waals surface area (Å²) in [5.41, 5.74) is 1.23. The molecule has 0 aromatic heterocycles. The SMILES string of the molecule is COC(=O)[C@@]12CCC(=O)C[C@@H]1Nc1ccccc12. The van der Waals surface area contributed by atoms with Gasteiger partial charge in [-0.3, -0.25) is 9.59 Å². The van der Waals surface area contributed by atoms with Gasteiger partial charge in [-0.25, -0.2) is 0 Å². The molecule has 94 valence electrons. The summed E-state index contributed by atoms with van der Waals surface area (Å²) in [4.78, 5) is 23.9. The lowest BCUT2D eigenvalue weighted by molar-refractivity contribution is -0.149. The lowest BCUT2D eigenvalue weighted by atomic mass is 9.68. The first kappa shape index (κ1) is 11.3. The Morgan fingerprint density at radius 1 is 1.44 bits per heavy atom. The van der Waals surface area contributed by atoms with Crippen LogP contribution in [0.15, 0.2) is 24.3 Å². The number of carbonyl (C=O) groups excluding carboxylic acids is 2. The Kier molecular flexibility index (Phi) is 2.40. The molecule has 1 heterocycles. The van der Waals surface area contributed by atoms with Gasteiger partial charge in [-0.15, -0.1) is 0 Å². The summed E-state index contributed by atoms with van der Waals surface area (Å²) in [6.07, 6.45) is 1.37. The molecule has 1 saturated carbocycles. The van der Waals surface area contributed by atoms with Gasteiger partial charge in [0.25, 0.3) is 0 Å². The Bertz CT molecular complexity index is 526. The molecule has 0 spiro atoms. The minimum atomic E-state index is -0.681. The first-order valence-corrected chi connectivity index (χ1v) is 6.14. The van der Waals surface area contributed by atoms with E-state index in [2.05, 4.69) is 5.32 Å². The zero-order valence-corrected chi connectivity index (χ0v) is 10.2. The molecule has 1 aromatic carbocycles. The van der Waals surface area contributed by atoms with Crippen molar-refractivity contribution < 1.29 is 14.3 Å². The van der Waals surface area contributed by atoms with Crippen LogP contribution in [0.4, 0.5) is 5.69 Å². The third-order valence-electron chi connectivity index (χ3n) is 4.11. The van der Waals surface area contributed by atoms with Crippen molar-refractivity contribution in [2.45, 2.75) is 30.7 Å². The molecule has 18 heavy (non-hydrogen) atoms. The molecular formula is C14H15NO3. The summed E-state index contributed by atoms with van der Waals surface area (Å²) in [5, 5.41) is 3.30. The second-order valence-electron chi connectivity index (χ2n) is 4.95. The van der Waals surface area contributed by atoms with Gasteiger partial charge in [0.15, 0.2) is 0 Å². The maximum Gasteiger partial charge on any atom is 0.318 e. The fourth-order valence-corrected chi connectivity index (χ4v) is 3.23. The zero-order chi connectivity index (χ0) is 12.8. The van der Waals surface area contributed by atoms with Crippen LogP contribution in [0.2, 0.25) is 0 Å². The van der Waals surface area contributed by atoms with Crippen molar-refractivity contribution in [3.05, 3.63) is 29.8 Å². The number of para-hydroxylation sites is 1. The third-order valence-corrected chi connectivity index (χ3v) is 4.11. The van der Waals surface area contributed by atoms with Crippen LogP contribution in [0.5, 0.6) is 0 Å². The molecule has 0 radical (unpaired) electrons. The Hall–Kier alpha value is -1.84. The van der Waals surface area contributed by atoms with Gasteiger partial charge in [0.2, 0.25) is 0 Å². The van der Waals surface area contributed by atoms with E-state index in [1.165, 1.54) is 7.11 Å². The Morgan fingerprint density at radius 3 is 3.00 bits per heavy atom. The highest BCUT2D eigenvalue weighted by molar-refractivity contribution is 5.94. The highest BCUT2D eigenvalue weighted by Crippen LogP contribution is 2.48. The molecule has 2 atom stereocenters. The summed E-state index contributed by atoms with van der Waals surface area (Å²) in [6, 6.07) is 7.58. The van der Waals surface area contributed by atoms with Crippen molar-refractivity contribution in [1.82, 2.24) is 0 Å². The van der Waals surface area contributed by atoms with Gasteiger partial charge in [0, 0.05) is 18.5 Å².